The molecule has 0 heterocycles. The summed E-state index contributed by atoms with van der Waals surface area (Å²) < 4.78 is 11.5. The van der Waals surface area contributed by atoms with Crippen molar-refractivity contribution in [3.63, 3.8) is 0 Å². The van der Waals surface area contributed by atoms with E-state index >= 15 is 0 Å². The van der Waals surface area contributed by atoms with E-state index in [-0.39, 0.29) is 16.9 Å². The number of carbonyl (C=O) groups excluding carboxylic acids is 2. The first kappa shape index (κ1) is 27.7. The summed E-state index contributed by atoms with van der Waals surface area (Å²) in [7, 11) is 0. The number of ketones is 1. The molecule has 0 bridgehead atoms. The Kier molecular flexibility index (Phi) is 9.61. The van der Waals surface area contributed by atoms with E-state index in [0.717, 1.165) is 44.9 Å². The third-order valence-corrected chi connectivity index (χ3v) is 10.8. The Balaban J connectivity index is 1.17. The molecule has 0 aromatic carbocycles. The van der Waals surface area contributed by atoms with E-state index in [2.05, 4.69) is 20.8 Å². The summed E-state index contributed by atoms with van der Waals surface area (Å²) in [6.45, 7) is 7.55. The molecule has 6 atom stereocenters. The molecule has 0 saturated heterocycles. The van der Waals surface area contributed by atoms with Gasteiger partial charge in [0.15, 0.2) is 5.78 Å². The summed E-state index contributed by atoms with van der Waals surface area (Å²) >= 11 is 0. The predicted octanol–water partition coefficient (Wildman–Crippen LogP) is 8.96. The van der Waals surface area contributed by atoms with Crippen molar-refractivity contribution in [1.82, 2.24) is 0 Å². The van der Waals surface area contributed by atoms with Crippen molar-refractivity contribution in [2.75, 3.05) is 6.61 Å². The van der Waals surface area contributed by atoms with E-state index in [4.69, 9.17) is 9.47 Å². The number of carbonyl (C=O) groups is 2. The van der Waals surface area contributed by atoms with E-state index in [9.17, 15) is 9.59 Å². The van der Waals surface area contributed by atoms with Gasteiger partial charge in [-0.05, 0) is 80.6 Å². The lowest BCUT2D eigenvalue weighted by atomic mass is 9.47. The molecule has 4 nitrogen and oxygen atoms in total. The molecule has 0 amide bonds. The van der Waals surface area contributed by atoms with Gasteiger partial charge >= 0.3 is 6.16 Å². The molecule has 36 heavy (non-hydrogen) atoms. The van der Waals surface area contributed by atoms with Gasteiger partial charge in [-0.25, -0.2) is 4.79 Å². The van der Waals surface area contributed by atoms with E-state index < -0.39 is 6.16 Å². The summed E-state index contributed by atoms with van der Waals surface area (Å²) in [6.07, 6.45) is 22.7. The lowest BCUT2D eigenvalue weighted by molar-refractivity contribution is -0.118. The van der Waals surface area contributed by atoms with Crippen molar-refractivity contribution < 1.29 is 19.1 Å². The summed E-state index contributed by atoms with van der Waals surface area (Å²) in [5.41, 5.74) is 1.69. The van der Waals surface area contributed by atoms with Crippen molar-refractivity contribution in [1.29, 1.82) is 0 Å². The fourth-order valence-electron chi connectivity index (χ4n) is 8.60. The van der Waals surface area contributed by atoms with Crippen molar-refractivity contribution in [3.8, 4) is 0 Å². The average molecular weight is 501 g/mol. The topological polar surface area (TPSA) is 52.6 Å². The first-order valence-corrected chi connectivity index (χ1v) is 15.5. The normalized spacial score (nSPS) is 35.4. The van der Waals surface area contributed by atoms with Crippen LogP contribution in [-0.2, 0) is 14.3 Å². The zero-order valence-electron chi connectivity index (χ0n) is 23.5. The van der Waals surface area contributed by atoms with Crippen molar-refractivity contribution in [2.45, 2.75) is 142 Å². The smallest absolute Gasteiger partial charge is 0.434 e. The number of ether oxygens (including phenoxy) is 2. The number of rotatable bonds is 12. The van der Waals surface area contributed by atoms with Crippen molar-refractivity contribution in [3.05, 3.63) is 11.6 Å². The zero-order chi connectivity index (χ0) is 25.6. The van der Waals surface area contributed by atoms with E-state index in [1.54, 1.807) is 0 Å². The average Bonchev–Trinajstić information content (AvgIpc) is 3.19. The van der Waals surface area contributed by atoms with Crippen LogP contribution in [0.2, 0.25) is 0 Å². The summed E-state index contributed by atoms with van der Waals surface area (Å²) in [4.78, 5) is 24.6. The van der Waals surface area contributed by atoms with Crippen LogP contribution in [0.15, 0.2) is 11.6 Å². The molecular weight excluding hydrogens is 448 g/mol. The van der Waals surface area contributed by atoms with Crippen LogP contribution in [0.3, 0.4) is 0 Å². The molecular formula is C32H52O4. The third-order valence-electron chi connectivity index (χ3n) is 10.8. The fourth-order valence-corrected chi connectivity index (χ4v) is 8.60. The zero-order valence-corrected chi connectivity index (χ0v) is 23.5. The van der Waals surface area contributed by atoms with Crippen LogP contribution in [0.1, 0.15) is 136 Å². The number of unbranched alkanes of at least 4 members (excludes halogenated alkanes) is 9. The SMILES string of the molecule is CCCCCCCCCCCCOC(=O)O[C@H]1CCC2C3CCC4=CC(=O)CC[C@]4(C)C3CC[C@@]21C. The van der Waals surface area contributed by atoms with E-state index in [0.29, 0.717) is 36.6 Å². The minimum Gasteiger partial charge on any atom is -0.434 e. The Bertz CT molecular complexity index is 787. The molecule has 0 radical (unpaired) electrons. The maximum absolute atomic E-state index is 12.5. The highest BCUT2D eigenvalue weighted by atomic mass is 16.7. The molecule has 4 heteroatoms. The van der Waals surface area contributed by atoms with Gasteiger partial charge in [0.05, 0.1) is 6.61 Å². The van der Waals surface area contributed by atoms with Gasteiger partial charge < -0.3 is 9.47 Å². The summed E-state index contributed by atoms with van der Waals surface area (Å²) in [6, 6.07) is 0. The molecule has 0 spiro atoms. The molecule has 0 N–H and O–H groups in total. The van der Waals surface area contributed by atoms with Crippen LogP contribution in [-0.4, -0.2) is 24.6 Å². The maximum Gasteiger partial charge on any atom is 0.508 e. The van der Waals surface area contributed by atoms with Gasteiger partial charge in [-0.15, -0.1) is 0 Å². The van der Waals surface area contributed by atoms with Gasteiger partial charge in [-0.1, -0.05) is 84.1 Å². The molecule has 4 aliphatic rings. The highest BCUT2D eigenvalue weighted by Gasteiger charge is 2.60. The maximum atomic E-state index is 12.5. The summed E-state index contributed by atoms with van der Waals surface area (Å²) in [5.74, 6) is 2.31. The van der Waals surface area contributed by atoms with Crippen molar-refractivity contribution in [2.24, 2.45) is 28.6 Å². The molecule has 0 aliphatic heterocycles. The van der Waals surface area contributed by atoms with Crippen LogP contribution in [0, 0.1) is 28.6 Å². The number of hydrogen-bond acceptors (Lipinski definition) is 4. The molecule has 3 saturated carbocycles. The van der Waals surface area contributed by atoms with Gasteiger partial charge in [0.1, 0.15) is 6.10 Å². The van der Waals surface area contributed by atoms with Crippen LogP contribution >= 0.6 is 0 Å². The first-order valence-electron chi connectivity index (χ1n) is 15.5. The standard InChI is InChI=1S/C32H52O4/c1-4-5-6-7-8-9-10-11-12-13-22-35-30(34)36-29-17-16-27-26-15-14-24-23-25(33)18-20-31(24,2)28(26)19-21-32(27,29)3/h23,26-29H,4-22H2,1-3H3/t26?,27?,28?,29-,31-,32-/m0/s1. The minimum atomic E-state index is -0.452. The van der Waals surface area contributed by atoms with Gasteiger partial charge in [0, 0.05) is 11.8 Å². The predicted molar refractivity (Wildman–Crippen MR) is 145 cm³/mol. The lowest BCUT2D eigenvalue weighted by Gasteiger charge is -2.57. The second-order valence-corrected chi connectivity index (χ2v) is 13.0. The second kappa shape index (κ2) is 12.5. The van der Waals surface area contributed by atoms with Crippen LogP contribution in [0.5, 0.6) is 0 Å². The van der Waals surface area contributed by atoms with Gasteiger partial charge in [-0.2, -0.15) is 0 Å². The lowest BCUT2D eigenvalue weighted by Crippen LogP contribution is -2.51. The van der Waals surface area contributed by atoms with Crippen LogP contribution in [0.4, 0.5) is 4.79 Å². The first-order chi connectivity index (χ1) is 17.4. The Morgan fingerprint density at radius 2 is 1.56 bits per heavy atom. The number of allylic oxidation sites excluding steroid dienone is 1. The van der Waals surface area contributed by atoms with Crippen LogP contribution in [0.25, 0.3) is 0 Å². The molecule has 0 aromatic heterocycles. The Labute approximate surface area is 220 Å². The molecule has 4 rings (SSSR count). The molecule has 0 aromatic rings. The molecule has 4 aliphatic carbocycles. The number of fused-ring (bicyclic) bond motifs is 5. The van der Waals surface area contributed by atoms with E-state index in [1.165, 1.54) is 69.8 Å². The minimum absolute atomic E-state index is 0.0127. The number of hydrogen-bond donors (Lipinski definition) is 0. The Morgan fingerprint density at radius 1 is 0.861 bits per heavy atom. The van der Waals surface area contributed by atoms with Gasteiger partial charge in [0.25, 0.3) is 0 Å². The largest absolute Gasteiger partial charge is 0.508 e. The molecule has 3 fully saturated rings. The fraction of sp³-hybridized carbons (Fsp3) is 0.875. The Hall–Kier alpha value is -1.32. The third kappa shape index (κ3) is 6.04. The van der Waals surface area contributed by atoms with Crippen molar-refractivity contribution >= 4 is 11.9 Å². The molecule has 3 unspecified atom stereocenters. The highest BCUT2D eigenvalue weighted by molar-refractivity contribution is 5.91. The van der Waals surface area contributed by atoms with Gasteiger partial charge in [-0.3, -0.25) is 4.79 Å². The monoisotopic (exact) mass is 500 g/mol. The van der Waals surface area contributed by atoms with Crippen LogP contribution < -0.4 is 0 Å². The Morgan fingerprint density at radius 3 is 2.28 bits per heavy atom. The highest BCUT2D eigenvalue weighted by Crippen LogP contribution is 2.65. The molecule has 204 valence electrons. The second-order valence-electron chi connectivity index (χ2n) is 13.0. The quantitative estimate of drug-likeness (QED) is 0.198. The van der Waals surface area contributed by atoms with Gasteiger partial charge in [0.2, 0.25) is 0 Å². The summed E-state index contributed by atoms with van der Waals surface area (Å²) in [5, 5.41) is 0. The van der Waals surface area contributed by atoms with E-state index in [1.807, 2.05) is 6.08 Å².